The van der Waals surface area contributed by atoms with Gasteiger partial charge < -0.3 is 10.5 Å². The first kappa shape index (κ1) is 16.4. The first-order chi connectivity index (χ1) is 10.1. The van der Waals surface area contributed by atoms with E-state index < -0.39 is 10.0 Å². The number of benzene rings is 1. The molecular weight excluding hydrogens is 288 g/mol. The van der Waals surface area contributed by atoms with E-state index in [1.54, 1.807) is 16.4 Å². The molecule has 1 heterocycles. The molecule has 0 spiro atoms. The third kappa shape index (κ3) is 3.83. The van der Waals surface area contributed by atoms with Gasteiger partial charge in [-0.15, -0.1) is 0 Å². The Kier molecular flexibility index (Phi) is 5.75. The molecule has 1 aromatic carbocycles. The SMILES string of the molecule is CCc1ccc(S(=O)(=O)N(CCN)C2CCOCC2)cc1. The fourth-order valence-corrected chi connectivity index (χ4v) is 4.33. The van der Waals surface area contributed by atoms with Crippen LogP contribution in [0.4, 0.5) is 0 Å². The predicted octanol–water partition coefficient (Wildman–Crippen LogP) is 1.38. The average molecular weight is 312 g/mol. The van der Waals surface area contributed by atoms with E-state index in [9.17, 15) is 8.42 Å². The Hall–Kier alpha value is -0.950. The van der Waals surface area contributed by atoms with Crippen LogP contribution in [0.15, 0.2) is 29.2 Å². The second-order valence-corrected chi connectivity index (χ2v) is 7.14. The zero-order chi connectivity index (χ0) is 15.3. The van der Waals surface area contributed by atoms with Crippen molar-refractivity contribution in [3.63, 3.8) is 0 Å². The fraction of sp³-hybridized carbons (Fsp3) is 0.600. The van der Waals surface area contributed by atoms with Crippen molar-refractivity contribution < 1.29 is 13.2 Å². The number of hydrogen-bond acceptors (Lipinski definition) is 4. The maximum absolute atomic E-state index is 12.9. The zero-order valence-corrected chi connectivity index (χ0v) is 13.3. The van der Waals surface area contributed by atoms with Crippen molar-refractivity contribution in [2.75, 3.05) is 26.3 Å². The molecular formula is C15H24N2O3S. The number of sulfonamides is 1. The summed E-state index contributed by atoms with van der Waals surface area (Å²) in [5, 5.41) is 0. The highest BCUT2D eigenvalue weighted by Crippen LogP contribution is 2.23. The molecule has 0 unspecified atom stereocenters. The molecule has 0 amide bonds. The molecule has 2 rings (SSSR count). The van der Waals surface area contributed by atoms with Crippen LogP contribution in [0.3, 0.4) is 0 Å². The Bertz CT molecular complexity index is 537. The number of ether oxygens (including phenoxy) is 1. The molecule has 0 aromatic heterocycles. The van der Waals surface area contributed by atoms with Crippen LogP contribution in [0.2, 0.25) is 0 Å². The topological polar surface area (TPSA) is 72.6 Å². The van der Waals surface area contributed by atoms with E-state index in [4.69, 9.17) is 10.5 Å². The maximum Gasteiger partial charge on any atom is 0.243 e. The standard InChI is InChI=1S/C15H24N2O3S/c1-2-13-3-5-15(6-4-13)21(18,19)17(10-9-16)14-7-11-20-12-8-14/h3-6,14H,2,7-12,16H2,1H3. The third-order valence-corrected chi connectivity index (χ3v) is 5.85. The molecule has 0 bridgehead atoms. The molecule has 1 aliphatic heterocycles. The zero-order valence-electron chi connectivity index (χ0n) is 12.5. The monoisotopic (exact) mass is 312 g/mol. The third-order valence-electron chi connectivity index (χ3n) is 3.89. The highest BCUT2D eigenvalue weighted by Gasteiger charge is 2.31. The van der Waals surface area contributed by atoms with E-state index >= 15 is 0 Å². The van der Waals surface area contributed by atoms with Gasteiger partial charge in [-0.3, -0.25) is 0 Å². The normalized spacial score (nSPS) is 17.3. The van der Waals surface area contributed by atoms with Crippen LogP contribution in [0.5, 0.6) is 0 Å². The molecule has 0 saturated carbocycles. The molecule has 118 valence electrons. The molecule has 1 fully saturated rings. The van der Waals surface area contributed by atoms with Crippen LogP contribution in [-0.4, -0.2) is 45.1 Å². The minimum atomic E-state index is -3.49. The summed E-state index contributed by atoms with van der Waals surface area (Å²) in [4.78, 5) is 0.347. The Labute approximate surface area is 127 Å². The van der Waals surface area contributed by atoms with E-state index in [-0.39, 0.29) is 6.04 Å². The van der Waals surface area contributed by atoms with Crippen LogP contribution in [0.1, 0.15) is 25.3 Å². The summed E-state index contributed by atoms with van der Waals surface area (Å²) < 4.78 is 32.6. The summed E-state index contributed by atoms with van der Waals surface area (Å²) in [5.74, 6) is 0. The van der Waals surface area contributed by atoms with Crippen molar-refractivity contribution in [3.05, 3.63) is 29.8 Å². The lowest BCUT2D eigenvalue weighted by Gasteiger charge is -2.33. The van der Waals surface area contributed by atoms with Gasteiger partial charge in [0.15, 0.2) is 0 Å². The maximum atomic E-state index is 12.9. The summed E-state index contributed by atoms with van der Waals surface area (Å²) >= 11 is 0. The molecule has 6 heteroatoms. The Balaban J connectivity index is 2.27. The van der Waals surface area contributed by atoms with Gasteiger partial charge in [-0.2, -0.15) is 4.31 Å². The Morgan fingerprint density at radius 2 is 1.86 bits per heavy atom. The van der Waals surface area contributed by atoms with Crippen molar-refractivity contribution in [3.8, 4) is 0 Å². The molecule has 0 radical (unpaired) electrons. The van der Waals surface area contributed by atoms with E-state index in [0.717, 1.165) is 24.8 Å². The summed E-state index contributed by atoms with van der Waals surface area (Å²) in [6.07, 6.45) is 2.35. The minimum absolute atomic E-state index is 0.0156. The van der Waals surface area contributed by atoms with Crippen molar-refractivity contribution in [2.24, 2.45) is 5.73 Å². The summed E-state index contributed by atoms with van der Waals surface area (Å²) in [7, 11) is -3.49. The Morgan fingerprint density at radius 3 is 2.38 bits per heavy atom. The van der Waals surface area contributed by atoms with Gasteiger partial charge in [-0.1, -0.05) is 19.1 Å². The van der Waals surface area contributed by atoms with Gasteiger partial charge in [-0.25, -0.2) is 8.42 Å². The second-order valence-electron chi connectivity index (χ2n) is 5.25. The van der Waals surface area contributed by atoms with Gasteiger partial charge in [0.25, 0.3) is 0 Å². The molecule has 2 N–H and O–H groups in total. The first-order valence-corrected chi connectivity index (χ1v) is 8.92. The lowest BCUT2D eigenvalue weighted by Crippen LogP contribution is -2.45. The lowest BCUT2D eigenvalue weighted by molar-refractivity contribution is 0.0590. The van der Waals surface area contributed by atoms with Crippen LogP contribution >= 0.6 is 0 Å². The number of hydrogen-bond donors (Lipinski definition) is 1. The van der Waals surface area contributed by atoms with E-state index in [2.05, 4.69) is 0 Å². The summed E-state index contributed by atoms with van der Waals surface area (Å²) in [6, 6.07) is 7.11. The fourth-order valence-electron chi connectivity index (χ4n) is 2.63. The van der Waals surface area contributed by atoms with Gasteiger partial charge in [0.05, 0.1) is 4.90 Å². The largest absolute Gasteiger partial charge is 0.381 e. The van der Waals surface area contributed by atoms with Crippen molar-refractivity contribution >= 4 is 10.0 Å². The van der Waals surface area contributed by atoms with Crippen LogP contribution in [0.25, 0.3) is 0 Å². The Morgan fingerprint density at radius 1 is 1.24 bits per heavy atom. The smallest absolute Gasteiger partial charge is 0.243 e. The summed E-state index contributed by atoms with van der Waals surface area (Å²) in [6.45, 7) is 3.94. The van der Waals surface area contributed by atoms with E-state index in [1.165, 1.54) is 0 Å². The van der Waals surface area contributed by atoms with Crippen LogP contribution < -0.4 is 5.73 Å². The molecule has 5 nitrogen and oxygen atoms in total. The number of nitrogens with two attached hydrogens (primary N) is 1. The summed E-state index contributed by atoms with van der Waals surface area (Å²) in [5.41, 5.74) is 6.75. The van der Waals surface area contributed by atoms with E-state index in [0.29, 0.717) is 31.2 Å². The van der Waals surface area contributed by atoms with Crippen LogP contribution in [0, 0.1) is 0 Å². The molecule has 1 saturated heterocycles. The van der Waals surface area contributed by atoms with Gasteiger partial charge in [0, 0.05) is 32.3 Å². The molecule has 1 aliphatic rings. The van der Waals surface area contributed by atoms with Gasteiger partial charge in [0.1, 0.15) is 0 Å². The highest BCUT2D eigenvalue weighted by atomic mass is 32.2. The van der Waals surface area contributed by atoms with Gasteiger partial charge in [-0.05, 0) is 37.0 Å². The van der Waals surface area contributed by atoms with Gasteiger partial charge in [0.2, 0.25) is 10.0 Å². The van der Waals surface area contributed by atoms with Crippen molar-refractivity contribution in [1.29, 1.82) is 0 Å². The van der Waals surface area contributed by atoms with E-state index in [1.807, 2.05) is 19.1 Å². The second kappa shape index (κ2) is 7.35. The number of rotatable bonds is 6. The van der Waals surface area contributed by atoms with Crippen LogP contribution in [-0.2, 0) is 21.2 Å². The first-order valence-electron chi connectivity index (χ1n) is 7.48. The van der Waals surface area contributed by atoms with Crippen molar-refractivity contribution in [2.45, 2.75) is 37.1 Å². The quantitative estimate of drug-likeness (QED) is 0.861. The average Bonchev–Trinajstić information content (AvgIpc) is 2.53. The van der Waals surface area contributed by atoms with Gasteiger partial charge >= 0.3 is 0 Å². The molecule has 0 atom stereocenters. The molecule has 21 heavy (non-hydrogen) atoms. The minimum Gasteiger partial charge on any atom is -0.381 e. The predicted molar refractivity (Wildman–Crippen MR) is 82.6 cm³/mol. The van der Waals surface area contributed by atoms with Crippen molar-refractivity contribution in [1.82, 2.24) is 4.31 Å². The lowest BCUT2D eigenvalue weighted by atomic mass is 10.1. The number of nitrogens with zero attached hydrogens (tertiary/aromatic N) is 1. The highest BCUT2D eigenvalue weighted by molar-refractivity contribution is 7.89. The molecule has 0 aliphatic carbocycles. The number of aryl methyl sites for hydroxylation is 1. The molecule has 1 aromatic rings.